The topological polar surface area (TPSA) is 110 Å². The van der Waals surface area contributed by atoms with Crippen LogP contribution in [-0.4, -0.2) is 47.4 Å². The third-order valence-electron chi connectivity index (χ3n) is 6.33. The van der Waals surface area contributed by atoms with Gasteiger partial charge in [-0.3, -0.25) is 9.59 Å². The van der Waals surface area contributed by atoms with E-state index in [1.165, 1.54) is 19.3 Å². The van der Waals surface area contributed by atoms with E-state index in [-0.39, 0.29) is 11.9 Å². The first-order chi connectivity index (χ1) is 17.0. The molecule has 0 saturated carbocycles. The van der Waals surface area contributed by atoms with Crippen LogP contribution in [0.3, 0.4) is 0 Å². The summed E-state index contributed by atoms with van der Waals surface area (Å²) in [4.78, 5) is 35.7. The maximum absolute atomic E-state index is 12.4. The lowest BCUT2D eigenvalue weighted by Gasteiger charge is -2.16. The normalized spacial score (nSPS) is 12.8. The van der Waals surface area contributed by atoms with Crippen LogP contribution >= 0.6 is 0 Å². The number of hydrogen-bond donors (Lipinski definition) is 2. The lowest BCUT2D eigenvalue weighted by atomic mass is 9.94. The van der Waals surface area contributed by atoms with Crippen LogP contribution in [0.4, 0.5) is 0 Å². The van der Waals surface area contributed by atoms with Crippen molar-refractivity contribution >= 4 is 17.9 Å². The zero-order valence-corrected chi connectivity index (χ0v) is 22.4. The van der Waals surface area contributed by atoms with Crippen LogP contribution in [0, 0.1) is 5.92 Å². The fourth-order valence-corrected chi connectivity index (χ4v) is 4.03. The van der Waals surface area contributed by atoms with E-state index >= 15 is 0 Å². The van der Waals surface area contributed by atoms with E-state index in [0.717, 1.165) is 83.5 Å². The van der Waals surface area contributed by atoms with Gasteiger partial charge in [0.05, 0.1) is 19.1 Å². The van der Waals surface area contributed by atoms with E-state index < -0.39 is 24.6 Å². The Balaban J connectivity index is 3.91. The molecule has 0 heterocycles. The standard InChI is InChI=1S/C28H52O7/c1-3-5-7-12-17-21-26(31)34-22-18-14-11-9-10-13-16-20-24(19-15-8-6-4-2)27(32)35-28(33)25(30)23-29/h24-25,29-30H,3-23H2,1-2H3. The molecule has 0 saturated heterocycles. The quantitative estimate of drug-likeness (QED) is 0.0947. The molecule has 0 aliphatic rings. The molecular weight excluding hydrogens is 448 g/mol. The predicted molar refractivity (Wildman–Crippen MR) is 138 cm³/mol. The summed E-state index contributed by atoms with van der Waals surface area (Å²) >= 11 is 0. The number of aliphatic hydroxyl groups is 2. The Morgan fingerprint density at radius 3 is 1.71 bits per heavy atom. The number of rotatable bonds is 24. The van der Waals surface area contributed by atoms with Gasteiger partial charge in [0.15, 0.2) is 6.10 Å². The van der Waals surface area contributed by atoms with Crippen molar-refractivity contribution < 1.29 is 34.1 Å². The van der Waals surface area contributed by atoms with Crippen LogP contribution in [0.1, 0.15) is 136 Å². The molecule has 0 aromatic rings. The van der Waals surface area contributed by atoms with Gasteiger partial charge in [0.2, 0.25) is 0 Å². The van der Waals surface area contributed by atoms with Crippen LogP contribution in [0.15, 0.2) is 0 Å². The third kappa shape index (κ3) is 20.4. The molecule has 0 aliphatic carbocycles. The molecule has 2 unspecified atom stereocenters. The Hall–Kier alpha value is -1.47. The van der Waals surface area contributed by atoms with Crippen molar-refractivity contribution in [1.82, 2.24) is 0 Å². The first-order valence-corrected chi connectivity index (χ1v) is 14.2. The van der Waals surface area contributed by atoms with Crippen LogP contribution in [-0.2, 0) is 23.9 Å². The van der Waals surface area contributed by atoms with Crippen LogP contribution in [0.25, 0.3) is 0 Å². The van der Waals surface area contributed by atoms with Gasteiger partial charge in [-0.05, 0) is 25.7 Å². The van der Waals surface area contributed by atoms with Gasteiger partial charge in [-0.2, -0.15) is 0 Å². The van der Waals surface area contributed by atoms with Gasteiger partial charge in [0, 0.05) is 6.42 Å². The van der Waals surface area contributed by atoms with Crippen molar-refractivity contribution in [2.75, 3.05) is 13.2 Å². The highest BCUT2D eigenvalue weighted by molar-refractivity contribution is 5.88. The Labute approximate surface area is 213 Å². The van der Waals surface area contributed by atoms with Gasteiger partial charge >= 0.3 is 17.9 Å². The zero-order valence-electron chi connectivity index (χ0n) is 22.4. The second kappa shape index (κ2) is 24.2. The van der Waals surface area contributed by atoms with Crippen molar-refractivity contribution in [3.8, 4) is 0 Å². The predicted octanol–water partition coefficient (Wildman–Crippen LogP) is 6.02. The lowest BCUT2D eigenvalue weighted by Crippen LogP contribution is -2.31. The van der Waals surface area contributed by atoms with Gasteiger partial charge in [-0.25, -0.2) is 4.79 Å². The van der Waals surface area contributed by atoms with Crippen LogP contribution in [0.5, 0.6) is 0 Å². The molecule has 0 aromatic heterocycles. The minimum atomic E-state index is -1.67. The molecule has 35 heavy (non-hydrogen) atoms. The number of esters is 3. The summed E-state index contributed by atoms with van der Waals surface area (Å²) in [5, 5.41) is 18.2. The maximum atomic E-state index is 12.4. The lowest BCUT2D eigenvalue weighted by molar-refractivity contribution is -0.170. The first-order valence-electron chi connectivity index (χ1n) is 14.2. The molecule has 7 heteroatoms. The molecule has 0 bridgehead atoms. The Bertz CT molecular complexity index is 535. The monoisotopic (exact) mass is 500 g/mol. The molecule has 0 spiro atoms. The van der Waals surface area contributed by atoms with Gasteiger partial charge in [-0.15, -0.1) is 0 Å². The Kier molecular flexibility index (Phi) is 23.2. The van der Waals surface area contributed by atoms with Crippen molar-refractivity contribution in [2.24, 2.45) is 5.92 Å². The van der Waals surface area contributed by atoms with Gasteiger partial charge in [0.25, 0.3) is 0 Å². The van der Waals surface area contributed by atoms with Crippen molar-refractivity contribution in [3.63, 3.8) is 0 Å². The Morgan fingerprint density at radius 2 is 1.14 bits per heavy atom. The second-order valence-corrected chi connectivity index (χ2v) is 9.63. The van der Waals surface area contributed by atoms with Crippen molar-refractivity contribution in [2.45, 2.75) is 142 Å². The highest BCUT2D eigenvalue weighted by Gasteiger charge is 2.25. The van der Waals surface area contributed by atoms with E-state index in [1.54, 1.807) is 0 Å². The number of aliphatic hydroxyl groups excluding tert-OH is 2. The van der Waals surface area contributed by atoms with E-state index in [9.17, 15) is 19.5 Å². The summed E-state index contributed by atoms with van der Waals surface area (Å²) in [5.41, 5.74) is 0. The largest absolute Gasteiger partial charge is 0.466 e. The molecule has 206 valence electrons. The average Bonchev–Trinajstić information content (AvgIpc) is 2.85. The highest BCUT2D eigenvalue weighted by Crippen LogP contribution is 2.21. The molecule has 0 amide bonds. The zero-order chi connectivity index (χ0) is 26.2. The average molecular weight is 501 g/mol. The van der Waals surface area contributed by atoms with E-state index in [2.05, 4.69) is 13.8 Å². The molecule has 0 fully saturated rings. The highest BCUT2D eigenvalue weighted by atomic mass is 16.6. The first kappa shape index (κ1) is 33.5. The van der Waals surface area contributed by atoms with Gasteiger partial charge < -0.3 is 19.7 Å². The summed E-state index contributed by atoms with van der Waals surface area (Å²) in [6.45, 7) is 4.07. The fourth-order valence-electron chi connectivity index (χ4n) is 4.03. The number of ether oxygens (including phenoxy) is 2. The van der Waals surface area contributed by atoms with Gasteiger partial charge in [-0.1, -0.05) is 104 Å². The molecule has 2 N–H and O–H groups in total. The SMILES string of the molecule is CCCCCCCC(=O)OCCCCCCCCCC(CCCCCC)C(=O)OC(=O)C(O)CO. The minimum Gasteiger partial charge on any atom is -0.466 e. The summed E-state index contributed by atoms with van der Waals surface area (Å²) in [7, 11) is 0. The fraction of sp³-hybridized carbons (Fsp3) is 0.893. The third-order valence-corrected chi connectivity index (χ3v) is 6.33. The Morgan fingerprint density at radius 1 is 0.657 bits per heavy atom. The molecule has 0 aromatic carbocycles. The molecular formula is C28H52O7. The summed E-state index contributed by atoms with van der Waals surface area (Å²) in [6.07, 6.45) is 17.2. The summed E-state index contributed by atoms with van der Waals surface area (Å²) in [6, 6.07) is 0. The number of carbonyl (C=O) groups is 3. The van der Waals surface area contributed by atoms with E-state index in [1.807, 2.05) is 0 Å². The molecule has 0 radical (unpaired) electrons. The van der Waals surface area contributed by atoms with E-state index in [0.29, 0.717) is 25.9 Å². The van der Waals surface area contributed by atoms with E-state index in [4.69, 9.17) is 14.6 Å². The van der Waals surface area contributed by atoms with Crippen molar-refractivity contribution in [3.05, 3.63) is 0 Å². The minimum absolute atomic E-state index is 0.0724. The van der Waals surface area contributed by atoms with Crippen LogP contribution in [0.2, 0.25) is 0 Å². The summed E-state index contributed by atoms with van der Waals surface area (Å²) < 4.78 is 10.1. The molecule has 2 atom stereocenters. The van der Waals surface area contributed by atoms with Crippen molar-refractivity contribution in [1.29, 1.82) is 0 Å². The number of unbranched alkanes of at least 4 members (excludes halogenated alkanes) is 13. The second-order valence-electron chi connectivity index (χ2n) is 9.63. The summed E-state index contributed by atoms with van der Waals surface area (Å²) in [5.74, 6) is -2.08. The maximum Gasteiger partial charge on any atom is 0.345 e. The molecule has 7 nitrogen and oxygen atoms in total. The number of carbonyl (C=O) groups excluding carboxylic acids is 3. The number of hydrogen-bond acceptors (Lipinski definition) is 7. The van der Waals surface area contributed by atoms with Crippen LogP contribution < -0.4 is 0 Å². The molecule has 0 aliphatic heterocycles. The van der Waals surface area contributed by atoms with Gasteiger partial charge in [0.1, 0.15) is 0 Å². The smallest absolute Gasteiger partial charge is 0.345 e. The molecule has 0 rings (SSSR count).